The topological polar surface area (TPSA) is 46.9 Å². The first kappa shape index (κ1) is 12.2. The van der Waals surface area contributed by atoms with E-state index in [0.717, 1.165) is 6.07 Å². The summed E-state index contributed by atoms with van der Waals surface area (Å²) in [5, 5.41) is 2.61. The van der Waals surface area contributed by atoms with Gasteiger partial charge in [-0.15, -0.1) is 0 Å². The molecular formula is C12H10F3N3O. The van der Waals surface area contributed by atoms with E-state index < -0.39 is 17.3 Å². The van der Waals surface area contributed by atoms with Gasteiger partial charge in [0.2, 0.25) is 0 Å². The Balaban J connectivity index is 2.31. The van der Waals surface area contributed by atoms with E-state index in [9.17, 15) is 18.0 Å². The van der Waals surface area contributed by atoms with Gasteiger partial charge in [0, 0.05) is 13.1 Å². The standard InChI is InChI=1S/C12H10F3N3O/c13-12(14,15)8-2-1-3-9-10(8)11(19)18(6-17-9)7-4-16-5-7/h1-3,6-7,16H,4-5H2. The zero-order chi connectivity index (χ0) is 13.6. The predicted octanol–water partition coefficient (Wildman–Crippen LogP) is 1.56. The van der Waals surface area contributed by atoms with Crippen molar-refractivity contribution < 1.29 is 13.2 Å². The van der Waals surface area contributed by atoms with Crippen LogP contribution < -0.4 is 10.9 Å². The maximum atomic E-state index is 12.9. The molecule has 1 aliphatic heterocycles. The molecule has 19 heavy (non-hydrogen) atoms. The van der Waals surface area contributed by atoms with E-state index in [1.54, 1.807) is 0 Å². The van der Waals surface area contributed by atoms with Crippen LogP contribution in [0.2, 0.25) is 0 Å². The molecule has 1 N–H and O–H groups in total. The molecule has 0 spiro atoms. The Hall–Kier alpha value is -1.89. The Bertz CT molecular complexity index is 689. The predicted molar refractivity (Wildman–Crippen MR) is 62.9 cm³/mol. The summed E-state index contributed by atoms with van der Waals surface area (Å²) >= 11 is 0. The lowest BCUT2D eigenvalue weighted by molar-refractivity contribution is -0.136. The lowest BCUT2D eigenvalue weighted by atomic mass is 10.1. The quantitative estimate of drug-likeness (QED) is 0.854. The molecule has 2 aromatic rings. The zero-order valence-electron chi connectivity index (χ0n) is 9.74. The summed E-state index contributed by atoms with van der Waals surface area (Å²) in [5.74, 6) is 0. The van der Waals surface area contributed by atoms with E-state index in [2.05, 4.69) is 10.3 Å². The average molecular weight is 269 g/mol. The third kappa shape index (κ3) is 1.90. The number of benzene rings is 1. The molecular weight excluding hydrogens is 259 g/mol. The summed E-state index contributed by atoms with van der Waals surface area (Å²) in [6, 6.07) is 3.46. The normalized spacial score (nSPS) is 16.6. The Labute approximate surface area is 105 Å². The van der Waals surface area contributed by atoms with Crippen molar-refractivity contribution in [1.82, 2.24) is 14.9 Å². The molecule has 0 aliphatic carbocycles. The second-order valence-corrected chi connectivity index (χ2v) is 4.47. The van der Waals surface area contributed by atoms with Gasteiger partial charge in [-0.25, -0.2) is 4.98 Å². The molecule has 1 aliphatic rings. The number of rotatable bonds is 1. The highest BCUT2D eigenvalue weighted by Gasteiger charge is 2.34. The number of halogens is 3. The molecule has 0 bridgehead atoms. The van der Waals surface area contributed by atoms with E-state index >= 15 is 0 Å². The van der Waals surface area contributed by atoms with Crippen LogP contribution in [0, 0.1) is 0 Å². The summed E-state index contributed by atoms with van der Waals surface area (Å²) in [5.41, 5.74) is -1.49. The molecule has 0 radical (unpaired) electrons. The van der Waals surface area contributed by atoms with Crippen LogP contribution in [-0.2, 0) is 6.18 Å². The van der Waals surface area contributed by atoms with E-state index in [0.29, 0.717) is 13.1 Å². The molecule has 2 heterocycles. The van der Waals surface area contributed by atoms with Gasteiger partial charge in [-0.2, -0.15) is 13.2 Å². The largest absolute Gasteiger partial charge is 0.417 e. The van der Waals surface area contributed by atoms with Crippen LogP contribution >= 0.6 is 0 Å². The summed E-state index contributed by atoms with van der Waals surface area (Å²) in [4.78, 5) is 16.2. The molecule has 0 saturated carbocycles. The number of hydrogen-bond acceptors (Lipinski definition) is 3. The fourth-order valence-electron chi connectivity index (χ4n) is 2.14. The highest BCUT2D eigenvalue weighted by molar-refractivity contribution is 5.81. The number of fused-ring (bicyclic) bond motifs is 1. The van der Waals surface area contributed by atoms with Crippen molar-refractivity contribution in [2.45, 2.75) is 12.2 Å². The molecule has 4 nitrogen and oxygen atoms in total. The first-order valence-corrected chi connectivity index (χ1v) is 5.76. The van der Waals surface area contributed by atoms with Gasteiger partial charge in [0.25, 0.3) is 5.56 Å². The molecule has 3 rings (SSSR count). The zero-order valence-corrected chi connectivity index (χ0v) is 9.74. The second-order valence-electron chi connectivity index (χ2n) is 4.47. The van der Waals surface area contributed by atoms with Gasteiger partial charge in [0.1, 0.15) is 0 Å². The molecule has 100 valence electrons. The van der Waals surface area contributed by atoms with Crippen molar-refractivity contribution in [3.05, 3.63) is 40.4 Å². The minimum atomic E-state index is -4.56. The van der Waals surface area contributed by atoms with Gasteiger partial charge in [-0.1, -0.05) is 6.07 Å². The van der Waals surface area contributed by atoms with Crippen molar-refractivity contribution in [2.24, 2.45) is 0 Å². The van der Waals surface area contributed by atoms with E-state index in [-0.39, 0.29) is 16.9 Å². The first-order valence-electron chi connectivity index (χ1n) is 5.76. The molecule has 0 atom stereocenters. The van der Waals surface area contributed by atoms with Gasteiger partial charge < -0.3 is 5.32 Å². The van der Waals surface area contributed by atoms with Gasteiger partial charge >= 0.3 is 6.18 Å². The van der Waals surface area contributed by atoms with Crippen LogP contribution in [0.3, 0.4) is 0 Å². The number of alkyl halides is 3. The van der Waals surface area contributed by atoms with Crippen LogP contribution in [0.25, 0.3) is 10.9 Å². The maximum absolute atomic E-state index is 12.9. The first-order chi connectivity index (χ1) is 8.98. The van der Waals surface area contributed by atoms with Crippen molar-refractivity contribution in [3.63, 3.8) is 0 Å². The number of nitrogens with one attached hydrogen (secondary N) is 1. The summed E-state index contributed by atoms with van der Waals surface area (Å²) in [6.45, 7) is 1.14. The molecule has 1 fully saturated rings. The molecule has 1 aromatic heterocycles. The van der Waals surface area contributed by atoms with Crippen molar-refractivity contribution in [3.8, 4) is 0 Å². The van der Waals surface area contributed by atoms with Gasteiger partial charge in [0.05, 0.1) is 28.8 Å². The molecule has 0 unspecified atom stereocenters. The minimum Gasteiger partial charge on any atom is -0.313 e. The second kappa shape index (κ2) is 4.06. The molecule has 1 saturated heterocycles. The smallest absolute Gasteiger partial charge is 0.313 e. The summed E-state index contributed by atoms with van der Waals surface area (Å²) in [7, 11) is 0. The van der Waals surface area contributed by atoms with Gasteiger partial charge in [-0.3, -0.25) is 9.36 Å². The maximum Gasteiger partial charge on any atom is 0.417 e. The molecule has 7 heteroatoms. The Kier molecular flexibility index (Phi) is 2.60. The lowest BCUT2D eigenvalue weighted by Gasteiger charge is -2.28. The van der Waals surface area contributed by atoms with Crippen LogP contribution in [0.4, 0.5) is 13.2 Å². The van der Waals surface area contributed by atoms with E-state index in [4.69, 9.17) is 0 Å². The third-order valence-corrected chi connectivity index (χ3v) is 3.27. The van der Waals surface area contributed by atoms with Crippen LogP contribution in [-0.4, -0.2) is 22.6 Å². The summed E-state index contributed by atoms with van der Waals surface area (Å²) in [6.07, 6.45) is -3.24. The average Bonchev–Trinajstić information content (AvgIpc) is 2.28. The van der Waals surface area contributed by atoms with Gasteiger partial charge in [-0.05, 0) is 12.1 Å². The minimum absolute atomic E-state index is 0.0726. The number of aromatic nitrogens is 2. The van der Waals surface area contributed by atoms with E-state index in [1.807, 2.05) is 0 Å². The number of nitrogens with zero attached hydrogens (tertiary/aromatic N) is 2. The molecule has 1 aromatic carbocycles. The summed E-state index contributed by atoms with van der Waals surface area (Å²) < 4.78 is 40.1. The SMILES string of the molecule is O=c1c2c(C(F)(F)F)cccc2ncn1C1CNC1. The molecule has 0 amide bonds. The van der Waals surface area contributed by atoms with Crippen molar-refractivity contribution in [2.75, 3.05) is 13.1 Å². The van der Waals surface area contributed by atoms with Crippen molar-refractivity contribution in [1.29, 1.82) is 0 Å². The Morgan fingerprint density at radius 2 is 2.05 bits per heavy atom. The Morgan fingerprint density at radius 3 is 2.63 bits per heavy atom. The monoisotopic (exact) mass is 269 g/mol. The van der Waals surface area contributed by atoms with Gasteiger partial charge in [0.15, 0.2) is 0 Å². The third-order valence-electron chi connectivity index (χ3n) is 3.27. The Morgan fingerprint density at radius 1 is 1.32 bits per heavy atom. The highest BCUT2D eigenvalue weighted by Crippen LogP contribution is 2.32. The van der Waals surface area contributed by atoms with E-state index in [1.165, 1.54) is 23.0 Å². The fraction of sp³-hybridized carbons (Fsp3) is 0.333. The van der Waals surface area contributed by atoms with Crippen LogP contribution in [0.5, 0.6) is 0 Å². The van der Waals surface area contributed by atoms with Crippen molar-refractivity contribution >= 4 is 10.9 Å². The fourth-order valence-corrected chi connectivity index (χ4v) is 2.14. The number of hydrogen-bond donors (Lipinski definition) is 1. The lowest BCUT2D eigenvalue weighted by Crippen LogP contribution is -2.47. The highest BCUT2D eigenvalue weighted by atomic mass is 19.4. The van der Waals surface area contributed by atoms with Crippen LogP contribution in [0.15, 0.2) is 29.3 Å². The van der Waals surface area contributed by atoms with Crippen LogP contribution in [0.1, 0.15) is 11.6 Å².